The number of aromatic nitrogens is 1. The van der Waals surface area contributed by atoms with Crippen LogP contribution < -0.4 is 0 Å². The van der Waals surface area contributed by atoms with Gasteiger partial charge in [0.2, 0.25) is 5.91 Å². The monoisotopic (exact) mass is 295 g/mol. The van der Waals surface area contributed by atoms with Crippen LogP contribution in [0.3, 0.4) is 0 Å². The maximum Gasteiger partial charge on any atom is 0.239 e. The lowest BCUT2D eigenvalue weighted by Gasteiger charge is -2.41. The Kier molecular flexibility index (Phi) is 3.34. The van der Waals surface area contributed by atoms with E-state index in [1.165, 1.54) is 16.3 Å². The van der Waals surface area contributed by atoms with Gasteiger partial charge in [-0.25, -0.2) is 0 Å². The summed E-state index contributed by atoms with van der Waals surface area (Å²) in [5.41, 5.74) is 1.28. The summed E-state index contributed by atoms with van der Waals surface area (Å²) in [5.74, 6) is 0.302. The molecule has 2 saturated heterocycles. The number of benzene rings is 1. The lowest BCUT2D eigenvalue weighted by Crippen LogP contribution is -2.58. The summed E-state index contributed by atoms with van der Waals surface area (Å²) < 4.78 is 0. The number of hydrogen-bond donors (Lipinski definition) is 0. The third-order valence-corrected chi connectivity index (χ3v) is 5.16. The molecule has 2 atom stereocenters. The first-order chi connectivity index (χ1) is 10.7. The van der Waals surface area contributed by atoms with E-state index in [4.69, 9.17) is 0 Å². The highest BCUT2D eigenvalue weighted by atomic mass is 16.2. The summed E-state index contributed by atoms with van der Waals surface area (Å²) in [6, 6.07) is 8.81. The Bertz CT molecular complexity index is 709. The molecule has 2 aromatic rings. The Morgan fingerprint density at radius 1 is 1.32 bits per heavy atom. The number of carbonyl (C=O) groups is 1. The molecule has 0 N–H and O–H groups in total. The van der Waals surface area contributed by atoms with Crippen LogP contribution in [0.2, 0.25) is 0 Å². The van der Waals surface area contributed by atoms with Crippen LogP contribution in [0.4, 0.5) is 0 Å². The van der Waals surface area contributed by atoms with Gasteiger partial charge in [0.05, 0.1) is 6.04 Å². The van der Waals surface area contributed by atoms with Gasteiger partial charge in [0, 0.05) is 43.5 Å². The van der Waals surface area contributed by atoms with Crippen molar-refractivity contribution in [3.63, 3.8) is 0 Å². The number of hydrogen-bond acceptors (Lipinski definition) is 3. The molecule has 0 saturated carbocycles. The second kappa shape index (κ2) is 5.36. The third-order valence-electron chi connectivity index (χ3n) is 5.16. The average Bonchev–Trinajstić information content (AvgIpc) is 3.01. The van der Waals surface area contributed by atoms with Crippen LogP contribution in [-0.2, 0) is 11.3 Å². The number of fused-ring (bicyclic) bond motifs is 2. The number of carbonyl (C=O) groups excluding carboxylic acids is 1. The Hall–Kier alpha value is -1.94. The van der Waals surface area contributed by atoms with Crippen molar-refractivity contribution in [2.45, 2.75) is 38.4 Å². The van der Waals surface area contributed by atoms with Crippen molar-refractivity contribution in [2.24, 2.45) is 0 Å². The molecule has 0 unspecified atom stereocenters. The van der Waals surface area contributed by atoms with Gasteiger partial charge in [-0.1, -0.05) is 18.2 Å². The molecule has 4 heteroatoms. The number of piperazine rings is 1. The fourth-order valence-corrected chi connectivity index (χ4v) is 3.89. The molecule has 2 aliphatic heterocycles. The van der Waals surface area contributed by atoms with Crippen LogP contribution in [0, 0.1) is 0 Å². The number of rotatable bonds is 2. The van der Waals surface area contributed by atoms with Gasteiger partial charge in [-0.3, -0.25) is 14.7 Å². The van der Waals surface area contributed by atoms with Crippen molar-refractivity contribution in [1.29, 1.82) is 0 Å². The van der Waals surface area contributed by atoms with Crippen LogP contribution in [0.15, 0.2) is 36.7 Å². The van der Waals surface area contributed by atoms with Gasteiger partial charge in [0.15, 0.2) is 0 Å². The minimum absolute atomic E-state index is 0.0218. The van der Waals surface area contributed by atoms with E-state index < -0.39 is 0 Å². The molecule has 3 heterocycles. The van der Waals surface area contributed by atoms with Crippen molar-refractivity contribution in [2.75, 3.05) is 13.1 Å². The van der Waals surface area contributed by atoms with Gasteiger partial charge < -0.3 is 4.90 Å². The van der Waals surface area contributed by atoms with Crippen LogP contribution in [-0.4, -0.2) is 45.9 Å². The maximum atomic E-state index is 12.5. The summed E-state index contributed by atoms with van der Waals surface area (Å²) in [5, 5.41) is 2.41. The molecule has 4 rings (SSSR count). The number of nitrogens with zero attached hydrogens (tertiary/aromatic N) is 3. The summed E-state index contributed by atoms with van der Waals surface area (Å²) >= 11 is 0. The number of amides is 1. The molecule has 114 valence electrons. The lowest BCUT2D eigenvalue weighted by molar-refractivity contribution is -0.143. The molecule has 0 spiro atoms. The summed E-state index contributed by atoms with van der Waals surface area (Å²) in [7, 11) is 0. The quantitative estimate of drug-likeness (QED) is 0.854. The highest BCUT2D eigenvalue weighted by Crippen LogP contribution is 2.28. The Morgan fingerprint density at radius 3 is 3.14 bits per heavy atom. The van der Waals surface area contributed by atoms with Crippen molar-refractivity contribution >= 4 is 16.7 Å². The Morgan fingerprint density at radius 2 is 2.23 bits per heavy atom. The molecule has 0 radical (unpaired) electrons. The highest BCUT2D eigenvalue weighted by molar-refractivity contribution is 5.85. The van der Waals surface area contributed by atoms with Crippen molar-refractivity contribution in [3.8, 4) is 0 Å². The molecule has 2 fully saturated rings. The van der Waals surface area contributed by atoms with Crippen LogP contribution in [0.25, 0.3) is 10.8 Å². The van der Waals surface area contributed by atoms with E-state index in [-0.39, 0.29) is 6.04 Å². The van der Waals surface area contributed by atoms with E-state index in [1.54, 1.807) is 0 Å². The lowest BCUT2D eigenvalue weighted by atomic mass is 10.0. The molecular weight excluding hydrogens is 274 g/mol. The fourth-order valence-electron chi connectivity index (χ4n) is 3.89. The summed E-state index contributed by atoms with van der Waals surface area (Å²) in [6.07, 6.45) is 6.04. The van der Waals surface area contributed by atoms with Crippen molar-refractivity contribution < 1.29 is 4.79 Å². The smallest absolute Gasteiger partial charge is 0.239 e. The molecular formula is C18H21N3O. The average molecular weight is 295 g/mol. The second-order valence-electron chi connectivity index (χ2n) is 6.45. The first-order valence-corrected chi connectivity index (χ1v) is 8.10. The molecule has 0 aliphatic carbocycles. The topological polar surface area (TPSA) is 36.4 Å². The molecule has 0 bridgehead atoms. The number of pyridine rings is 1. The molecule has 4 nitrogen and oxygen atoms in total. The van der Waals surface area contributed by atoms with Crippen molar-refractivity contribution in [3.05, 3.63) is 42.2 Å². The first kappa shape index (κ1) is 13.7. The van der Waals surface area contributed by atoms with Gasteiger partial charge in [-0.05, 0) is 36.8 Å². The largest absolute Gasteiger partial charge is 0.337 e. The SMILES string of the molecule is C[C@@H]1C(=O)N2CCC[C@@H]2CN1Cc1cccc2cnccc12. The minimum atomic E-state index is -0.0218. The predicted octanol–water partition coefficient (Wildman–Crippen LogP) is 2.43. The second-order valence-corrected chi connectivity index (χ2v) is 6.45. The van der Waals surface area contributed by atoms with E-state index in [1.807, 2.05) is 19.3 Å². The van der Waals surface area contributed by atoms with Crippen LogP contribution in [0.5, 0.6) is 0 Å². The van der Waals surface area contributed by atoms with Crippen molar-refractivity contribution in [1.82, 2.24) is 14.8 Å². The standard InChI is InChI=1S/C18H21N3O/c1-13-18(22)21-9-3-6-16(21)12-20(13)11-15-5-2-4-14-10-19-8-7-17(14)15/h2,4-5,7-8,10,13,16H,3,6,9,11-12H2,1H3/t13-,16-/m1/s1. The summed E-state index contributed by atoms with van der Waals surface area (Å²) in [6.45, 7) is 4.82. The van der Waals surface area contributed by atoms with E-state index in [2.05, 4.69) is 39.0 Å². The van der Waals surface area contributed by atoms with Gasteiger partial charge in [-0.2, -0.15) is 0 Å². The zero-order valence-corrected chi connectivity index (χ0v) is 12.9. The molecule has 1 aromatic carbocycles. The normalized spacial score (nSPS) is 25.7. The maximum absolute atomic E-state index is 12.5. The van der Waals surface area contributed by atoms with E-state index in [0.29, 0.717) is 11.9 Å². The van der Waals surface area contributed by atoms with Crippen LogP contribution >= 0.6 is 0 Å². The van der Waals surface area contributed by atoms with E-state index in [9.17, 15) is 4.79 Å². The third kappa shape index (κ3) is 2.18. The Labute approximate surface area is 130 Å². The fraction of sp³-hybridized carbons (Fsp3) is 0.444. The molecule has 22 heavy (non-hydrogen) atoms. The van der Waals surface area contributed by atoms with E-state index in [0.717, 1.165) is 32.5 Å². The predicted molar refractivity (Wildman–Crippen MR) is 86.4 cm³/mol. The van der Waals surface area contributed by atoms with Gasteiger partial charge in [-0.15, -0.1) is 0 Å². The zero-order chi connectivity index (χ0) is 15.1. The first-order valence-electron chi connectivity index (χ1n) is 8.10. The van der Waals surface area contributed by atoms with Crippen LogP contribution in [0.1, 0.15) is 25.3 Å². The highest BCUT2D eigenvalue weighted by Gasteiger charge is 2.40. The summed E-state index contributed by atoms with van der Waals surface area (Å²) in [4.78, 5) is 21.2. The minimum Gasteiger partial charge on any atom is -0.337 e. The zero-order valence-electron chi connectivity index (χ0n) is 12.9. The molecule has 1 aromatic heterocycles. The molecule has 1 amide bonds. The molecule has 2 aliphatic rings. The Balaban J connectivity index is 1.63. The van der Waals surface area contributed by atoms with Gasteiger partial charge >= 0.3 is 0 Å². The van der Waals surface area contributed by atoms with E-state index >= 15 is 0 Å². The van der Waals surface area contributed by atoms with Gasteiger partial charge in [0.1, 0.15) is 0 Å². The van der Waals surface area contributed by atoms with Gasteiger partial charge in [0.25, 0.3) is 0 Å².